The molecule has 2 rings (SSSR count). The summed E-state index contributed by atoms with van der Waals surface area (Å²) in [6.07, 6.45) is 0. The van der Waals surface area contributed by atoms with E-state index in [1.165, 1.54) is 0 Å². The quantitative estimate of drug-likeness (QED) is 0.530. The maximum Gasteiger partial charge on any atom is 0.120 e. The molecule has 0 saturated heterocycles. The van der Waals surface area contributed by atoms with Gasteiger partial charge in [-0.2, -0.15) is 0 Å². The maximum absolute atomic E-state index is 6.40. The zero-order chi connectivity index (χ0) is 14.7. The Morgan fingerprint density at radius 3 is 2.60 bits per heavy atom. The Bertz CT molecular complexity index is 613. The smallest absolute Gasteiger partial charge is 0.120 e. The van der Waals surface area contributed by atoms with Crippen molar-refractivity contribution >= 4 is 43.5 Å². The van der Waals surface area contributed by atoms with Crippen LogP contribution in [0, 0.1) is 6.92 Å². The number of benzene rings is 2. The van der Waals surface area contributed by atoms with Gasteiger partial charge in [0.1, 0.15) is 5.75 Å². The highest BCUT2D eigenvalue weighted by Gasteiger charge is 2.17. The summed E-state index contributed by atoms with van der Waals surface area (Å²) in [5.74, 6) is 0.859. The Kier molecular flexibility index (Phi) is 5.53. The molecular formula is C16H15Br2ClO. The minimum atomic E-state index is 0.0416. The number of ether oxygens (including phenoxy) is 1. The van der Waals surface area contributed by atoms with Crippen LogP contribution in [0.5, 0.6) is 5.75 Å². The van der Waals surface area contributed by atoms with Gasteiger partial charge in [-0.1, -0.05) is 67.7 Å². The van der Waals surface area contributed by atoms with Crippen LogP contribution in [0.3, 0.4) is 0 Å². The van der Waals surface area contributed by atoms with Gasteiger partial charge in [-0.3, -0.25) is 0 Å². The molecule has 4 heteroatoms. The van der Waals surface area contributed by atoms with Crippen LogP contribution in [0.1, 0.15) is 28.4 Å². The molecule has 0 heterocycles. The van der Waals surface area contributed by atoms with Gasteiger partial charge < -0.3 is 4.74 Å². The van der Waals surface area contributed by atoms with E-state index in [0.29, 0.717) is 6.61 Å². The molecule has 20 heavy (non-hydrogen) atoms. The second kappa shape index (κ2) is 6.97. The molecule has 1 unspecified atom stereocenters. The molecule has 2 aromatic rings. The van der Waals surface area contributed by atoms with Gasteiger partial charge in [-0.15, -0.1) is 0 Å². The minimum Gasteiger partial charge on any atom is -0.494 e. The maximum atomic E-state index is 6.40. The van der Waals surface area contributed by atoms with E-state index in [9.17, 15) is 0 Å². The molecule has 106 valence electrons. The summed E-state index contributed by atoms with van der Waals surface area (Å²) in [5.41, 5.74) is 3.27. The molecule has 0 aliphatic rings. The Labute approximate surface area is 141 Å². The lowest BCUT2D eigenvalue weighted by Gasteiger charge is -2.16. The van der Waals surface area contributed by atoms with E-state index >= 15 is 0 Å². The van der Waals surface area contributed by atoms with Crippen molar-refractivity contribution in [1.82, 2.24) is 0 Å². The Balaban J connectivity index is 2.38. The Morgan fingerprint density at radius 2 is 1.95 bits per heavy atom. The number of aryl methyl sites for hydroxylation is 1. The molecule has 0 fully saturated rings. The molecule has 0 N–H and O–H groups in total. The van der Waals surface area contributed by atoms with Crippen molar-refractivity contribution < 1.29 is 4.74 Å². The highest BCUT2D eigenvalue weighted by molar-refractivity contribution is 9.11. The van der Waals surface area contributed by atoms with Crippen molar-refractivity contribution in [2.75, 3.05) is 6.61 Å². The van der Waals surface area contributed by atoms with E-state index in [0.717, 1.165) is 31.9 Å². The molecule has 1 atom stereocenters. The van der Waals surface area contributed by atoms with Crippen molar-refractivity contribution in [2.24, 2.45) is 0 Å². The lowest BCUT2D eigenvalue weighted by molar-refractivity contribution is 0.340. The lowest BCUT2D eigenvalue weighted by Crippen LogP contribution is -1.98. The topological polar surface area (TPSA) is 9.23 Å². The summed E-state index contributed by atoms with van der Waals surface area (Å²) in [4.78, 5) is 0.0416. The first kappa shape index (κ1) is 15.9. The van der Waals surface area contributed by atoms with Crippen LogP contribution in [0.15, 0.2) is 40.9 Å². The molecule has 2 aromatic carbocycles. The molecule has 1 nitrogen and oxygen atoms in total. The third-order valence-corrected chi connectivity index (χ3v) is 5.24. The predicted octanol–water partition coefficient (Wildman–Crippen LogP) is 6.29. The first-order chi connectivity index (χ1) is 9.54. The first-order valence-corrected chi connectivity index (χ1v) is 8.44. The van der Waals surface area contributed by atoms with Gasteiger partial charge in [-0.25, -0.2) is 0 Å². The zero-order valence-corrected chi connectivity index (χ0v) is 15.2. The summed E-state index contributed by atoms with van der Waals surface area (Å²) in [6, 6.07) is 12.1. The molecule has 0 aromatic heterocycles. The second-order valence-electron chi connectivity index (χ2n) is 4.46. The number of hydrogen-bond acceptors (Lipinski definition) is 1. The van der Waals surface area contributed by atoms with Crippen LogP contribution >= 0.6 is 43.5 Å². The van der Waals surface area contributed by atoms with E-state index in [2.05, 4.69) is 31.9 Å². The molecule has 0 bridgehead atoms. The van der Waals surface area contributed by atoms with Crippen LogP contribution in [-0.2, 0) is 0 Å². The van der Waals surface area contributed by atoms with Gasteiger partial charge in [0.25, 0.3) is 0 Å². The molecule has 0 amide bonds. The Hall–Kier alpha value is -0.510. The minimum absolute atomic E-state index is 0.0416. The average molecular weight is 419 g/mol. The van der Waals surface area contributed by atoms with Crippen LogP contribution < -0.4 is 4.74 Å². The first-order valence-electron chi connectivity index (χ1n) is 6.36. The third kappa shape index (κ3) is 3.38. The number of alkyl halides is 1. The van der Waals surface area contributed by atoms with Crippen molar-refractivity contribution in [3.8, 4) is 5.75 Å². The standard InChI is InChI=1S/C16H15Br2ClO/c1-3-20-11-7-8-12(14(17)9-11)15(18)13-6-4-5-10(2)16(13)19/h4-9,15H,3H2,1-2H3. The highest BCUT2D eigenvalue weighted by atomic mass is 79.9. The van der Waals surface area contributed by atoms with E-state index in [4.69, 9.17) is 16.3 Å². The molecule has 0 spiro atoms. The average Bonchev–Trinajstić information content (AvgIpc) is 2.42. The summed E-state index contributed by atoms with van der Waals surface area (Å²) in [7, 11) is 0. The van der Waals surface area contributed by atoms with E-state index in [-0.39, 0.29) is 4.83 Å². The third-order valence-electron chi connectivity index (χ3n) is 3.05. The monoisotopic (exact) mass is 416 g/mol. The van der Waals surface area contributed by atoms with Crippen LogP contribution in [-0.4, -0.2) is 6.61 Å². The van der Waals surface area contributed by atoms with Gasteiger partial charge >= 0.3 is 0 Å². The fraction of sp³-hybridized carbons (Fsp3) is 0.250. The van der Waals surface area contributed by atoms with Crippen molar-refractivity contribution in [2.45, 2.75) is 18.7 Å². The summed E-state index contributed by atoms with van der Waals surface area (Å²) in [6.45, 7) is 4.65. The molecule has 0 radical (unpaired) electrons. The zero-order valence-electron chi connectivity index (χ0n) is 11.3. The van der Waals surface area contributed by atoms with Crippen molar-refractivity contribution in [3.05, 3.63) is 62.6 Å². The summed E-state index contributed by atoms with van der Waals surface area (Å²) >= 11 is 13.7. The number of hydrogen-bond donors (Lipinski definition) is 0. The molecule has 0 saturated carbocycles. The molecule has 0 aliphatic heterocycles. The Morgan fingerprint density at radius 1 is 1.20 bits per heavy atom. The fourth-order valence-corrected chi connectivity index (χ4v) is 4.04. The highest BCUT2D eigenvalue weighted by Crippen LogP contribution is 2.40. The number of halogens is 3. The van der Waals surface area contributed by atoms with E-state index in [1.54, 1.807) is 0 Å². The van der Waals surface area contributed by atoms with E-state index < -0.39 is 0 Å². The van der Waals surface area contributed by atoms with Gasteiger partial charge in [0.05, 0.1) is 11.4 Å². The summed E-state index contributed by atoms with van der Waals surface area (Å²) < 4.78 is 6.50. The van der Waals surface area contributed by atoms with Crippen molar-refractivity contribution in [1.29, 1.82) is 0 Å². The van der Waals surface area contributed by atoms with Crippen LogP contribution in [0.4, 0.5) is 0 Å². The SMILES string of the molecule is CCOc1ccc(C(Br)c2cccc(C)c2Cl)c(Br)c1. The predicted molar refractivity (Wildman–Crippen MR) is 92.3 cm³/mol. The molecular weight excluding hydrogens is 403 g/mol. The normalized spacial score (nSPS) is 12.2. The van der Waals surface area contributed by atoms with Gasteiger partial charge in [0.15, 0.2) is 0 Å². The molecule has 0 aliphatic carbocycles. The van der Waals surface area contributed by atoms with Gasteiger partial charge in [-0.05, 0) is 42.7 Å². The van der Waals surface area contributed by atoms with Crippen LogP contribution in [0.2, 0.25) is 5.02 Å². The van der Waals surface area contributed by atoms with Crippen molar-refractivity contribution in [3.63, 3.8) is 0 Å². The largest absolute Gasteiger partial charge is 0.494 e. The summed E-state index contributed by atoms with van der Waals surface area (Å²) in [5, 5.41) is 0.801. The van der Waals surface area contributed by atoms with Gasteiger partial charge in [0, 0.05) is 9.50 Å². The van der Waals surface area contributed by atoms with E-state index in [1.807, 2.05) is 50.2 Å². The second-order valence-corrected chi connectivity index (χ2v) is 6.60. The van der Waals surface area contributed by atoms with Gasteiger partial charge in [0.2, 0.25) is 0 Å². The lowest BCUT2D eigenvalue weighted by atomic mass is 10.0. The number of rotatable bonds is 4. The fourth-order valence-electron chi connectivity index (χ4n) is 2.00. The van der Waals surface area contributed by atoms with Crippen LogP contribution in [0.25, 0.3) is 0 Å².